The zero-order chi connectivity index (χ0) is 14.0. The number of nitrogens with one attached hydrogen (secondary N) is 1. The van der Waals surface area contributed by atoms with Crippen molar-refractivity contribution in [1.29, 1.82) is 0 Å². The van der Waals surface area contributed by atoms with E-state index in [0.29, 0.717) is 13.1 Å². The first kappa shape index (κ1) is 15.2. The van der Waals surface area contributed by atoms with E-state index >= 15 is 0 Å². The van der Waals surface area contributed by atoms with E-state index < -0.39 is 9.84 Å². The van der Waals surface area contributed by atoms with E-state index in [1.807, 2.05) is 11.5 Å². The number of hydrogen-bond donors (Lipinski definition) is 1. The van der Waals surface area contributed by atoms with Crippen molar-refractivity contribution in [1.82, 2.24) is 14.9 Å². The van der Waals surface area contributed by atoms with Crippen LogP contribution >= 0.6 is 0 Å². The average Bonchev–Trinajstić information content (AvgIpc) is 2.51. The Balaban J connectivity index is 2.75. The van der Waals surface area contributed by atoms with Crippen LogP contribution in [-0.2, 0) is 22.9 Å². The Kier molecular flexibility index (Phi) is 4.55. The number of aromatic nitrogens is 2. The summed E-state index contributed by atoms with van der Waals surface area (Å²) >= 11 is 0. The van der Waals surface area contributed by atoms with Gasteiger partial charge >= 0.3 is 0 Å². The lowest BCUT2D eigenvalue weighted by atomic mass is 10.1. The second-order valence-corrected chi connectivity index (χ2v) is 7.94. The molecule has 1 rings (SSSR count). The molecular formula is C12H23N3O2S. The van der Waals surface area contributed by atoms with Gasteiger partial charge in [0.2, 0.25) is 0 Å². The van der Waals surface area contributed by atoms with Crippen molar-refractivity contribution < 1.29 is 8.42 Å². The van der Waals surface area contributed by atoms with E-state index in [1.54, 1.807) is 6.20 Å². The second kappa shape index (κ2) is 5.40. The van der Waals surface area contributed by atoms with Crippen molar-refractivity contribution in [3.05, 3.63) is 17.7 Å². The summed E-state index contributed by atoms with van der Waals surface area (Å²) in [5, 5.41) is 3.38. The molecule has 0 bridgehead atoms. The highest BCUT2D eigenvalue weighted by Gasteiger charge is 2.13. The molecule has 1 heterocycles. The van der Waals surface area contributed by atoms with Crippen molar-refractivity contribution in [2.45, 2.75) is 46.3 Å². The minimum absolute atomic E-state index is 0.0276. The minimum Gasteiger partial charge on any atom is -0.330 e. The third-order valence-corrected chi connectivity index (χ3v) is 3.55. The maximum absolute atomic E-state index is 11.2. The van der Waals surface area contributed by atoms with Gasteiger partial charge in [-0.15, -0.1) is 0 Å². The summed E-state index contributed by atoms with van der Waals surface area (Å²) in [6, 6.07) is 0. The molecule has 0 aliphatic rings. The van der Waals surface area contributed by atoms with Gasteiger partial charge in [0.25, 0.3) is 0 Å². The van der Waals surface area contributed by atoms with Gasteiger partial charge in [-0.1, -0.05) is 0 Å². The van der Waals surface area contributed by atoms with Crippen LogP contribution in [0.1, 0.15) is 32.3 Å². The van der Waals surface area contributed by atoms with E-state index in [4.69, 9.17) is 0 Å². The fourth-order valence-corrected chi connectivity index (χ4v) is 2.09. The average molecular weight is 273 g/mol. The lowest BCUT2D eigenvalue weighted by Crippen LogP contribution is -2.35. The Hall–Kier alpha value is -0.880. The topological polar surface area (TPSA) is 64.0 Å². The van der Waals surface area contributed by atoms with Crippen molar-refractivity contribution in [3.63, 3.8) is 0 Å². The Morgan fingerprint density at radius 3 is 2.50 bits per heavy atom. The van der Waals surface area contributed by atoms with Gasteiger partial charge in [0.1, 0.15) is 15.7 Å². The second-order valence-electron chi connectivity index (χ2n) is 5.68. The first-order valence-corrected chi connectivity index (χ1v) is 8.08. The van der Waals surface area contributed by atoms with Crippen LogP contribution in [0.25, 0.3) is 0 Å². The Morgan fingerprint density at radius 1 is 1.39 bits per heavy atom. The monoisotopic (exact) mass is 273 g/mol. The molecule has 0 saturated carbocycles. The van der Waals surface area contributed by atoms with Crippen molar-refractivity contribution in [3.8, 4) is 0 Å². The predicted molar refractivity (Wildman–Crippen MR) is 73.3 cm³/mol. The van der Waals surface area contributed by atoms with Crippen LogP contribution in [0.3, 0.4) is 0 Å². The lowest BCUT2D eigenvalue weighted by molar-refractivity contribution is 0.415. The first-order valence-electron chi connectivity index (χ1n) is 6.02. The molecule has 0 saturated heterocycles. The van der Waals surface area contributed by atoms with Crippen LogP contribution in [0.5, 0.6) is 0 Å². The van der Waals surface area contributed by atoms with Crippen LogP contribution in [0.15, 0.2) is 6.20 Å². The molecule has 0 fully saturated rings. The van der Waals surface area contributed by atoms with Gasteiger partial charge in [0.15, 0.2) is 0 Å². The van der Waals surface area contributed by atoms with Crippen LogP contribution in [0, 0.1) is 6.92 Å². The van der Waals surface area contributed by atoms with Crippen LogP contribution in [0.4, 0.5) is 0 Å². The summed E-state index contributed by atoms with van der Waals surface area (Å²) in [6.07, 6.45) is 3.06. The number of rotatable bonds is 5. The fourth-order valence-electron chi connectivity index (χ4n) is 1.57. The largest absolute Gasteiger partial charge is 0.330 e. The molecule has 0 aliphatic heterocycles. The lowest BCUT2D eigenvalue weighted by Gasteiger charge is -2.21. The summed E-state index contributed by atoms with van der Waals surface area (Å²) in [5.74, 6) is 0.997. The SMILES string of the molecule is Cc1ncc(CNC(C)(C)C)n1CCS(C)(=O)=O. The van der Waals surface area contributed by atoms with Gasteiger partial charge < -0.3 is 9.88 Å². The normalized spacial score (nSPS) is 12.9. The molecule has 1 aromatic heterocycles. The molecule has 0 atom stereocenters. The zero-order valence-electron chi connectivity index (χ0n) is 11.8. The first-order chi connectivity index (χ1) is 8.08. The van der Waals surface area contributed by atoms with E-state index in [0.717, 1.165) is 11.5 Å². The third-order valence-electron chi connectivity index (χ3n) is 2.62. The van der Waals surface area contributed by atoms with Crippen LogP contribution in [-0.4, -0.2) is 35.5 Å². The third kappa shape index (κ3) is 5.18. The molecule has 5 nitrogen and oxygen atoms in total. The Morgan fingerprint density at radius 2 is 2.00 bits per heavy atom. The van der Waals surface area contributed by atoms with E-state index in [2.05, 4.69) is 31.1 Å². The Labute approximate surface area is 110 Å². The summed E-state index contributed by atoms with van der Waals surface area (Å²) in [4.78, 5) is 4.25. The molecule has 0 spiro atoms. The van der Waals surface area contributed by atoms with E-state index in [9.17, 15) is 8.42 Å². The van der Waals surface area contributed by atoms with Gasteiger partial charge in [-0.2, -0.15) is 0 Å². The smallest absolute Gasteiger partial charge is 0.149 e. The molecule has 104 valence electrons. The molecule has 0 amide bonds. The molecule has 1 aromatic rings. The molecule has 18 heavy (non-hydrogen) atoms. The van der Waals surface area contributed by atoms with Gasteiger partial charge in [0, 0.05) is 31.1 Å². The fraction of sp³-hybridized carbons (Fsp3) is 0.750. The van der Waals surface area contributed by atoms with Crippen molar-refractivity contribution in [2.24, 2.45) is 0 Å². The number of nitrogens with zero attached hydrogens (tertiary/aromatic N) is 2. The highest BCUT2D eigenvalue weighted by molar-refractivity contribution is 7.90. The van der Waals surface area contributed by atoms with E-state index in [-0.39, 0.29) is 11.3 Å². The van der Waals surface area contributed by atoms with Gasteiger partial charge in [-0.05, 0) is 27.7 Å². The van der Waals surface area contributed by atoms with Gasteiger partial charge in [-0.3, -0.25) is 0 Å². The number of imidazole rings is 1. The molecule has 1 N–H and O–H groups in total. The number of aryl methyl sites for hydroxylation is 1. The minimum atomic E-state index is -2.95. The summed E-state index contributed by atoms with van der Waals surface area (Å²) in [6.45, 7) is 9.33. The van der Waals surface area contributed by atoms with Gasteiger partial charge in [0.05, 0.1) is 11.4 Å². The highest BCUT2D eigenvalue weighted by Crippen LogP contribution is 2.08. The summed E-state index contributed by atoms with van der Waals surface area (Å²) in [7, 11) is -2.95. The number of hydrogen-bond acceptors (Lipinski definition) is 4. The maximum Gasteiger partial charge on any atom is 0.149 e. The molecular weight excluding hydrogens is 250 g/mol. The maximum atomic E-state index is 11.2. The van der Waals surface area contributed by atoms with Crippen molar-refractivity contribution >= 4 is 9.84 Å². The van der Waals surface area contributed by atoms with Crippen LogP contribution < -0.4 is 5.32 Å². The zero-order valence-corrected chi connectivity index (χ0v) is 12.6. The summed E-state index contributed by atoms with van der Waals surface area (Å²) in [5.41, 5.74) is 1.05. The predicted octanol–water partition coefficient (Wildman–Crippen LogP) is 1.12. The summed E-state index contributed by atoms with van der Waals surface area (Å²) < 4.78 is 24.4. The van der Waals surface area contributed by atoms with E-state index in [1.165, 1.54) is 6.26 Å². The van der Waals surface area contributed by atoms with Crippen molar-refractivity contribution in [2.75, 3.05) is 12.0 Å². The number of sulfone groups is 1. The molecule has 6 heteroatoms. The molecule has 0 unspecified atom stereocenters. The molecule has 0 aliphatic carbocycles. The van der Waals surface area contributed by atoms with Crippen LogP contribution in [0.2, 0.25) is 0 Å². The standard InChI is InChI=1S/C12H23N3O2S/c1-10-13-8-11(9-14-12(2,3)4)15(10)6-7-18(5,16)17/h8,14H,6-7,9H2,1-5H3. The highest BCUT2D eigenvalue weighted by atomic mass is 32.2. The van der Waals surface area contributed by atoms with Gasteiger partial charge in [-0.25, -0.2) is 13.4 Å². The molecule has 0 aromatic carbocycles. The quantitative estimate of drug-likeness (QED) is 0.873. The molecule has 0 radical (unpaired) electrons. The Bertz CT molecular complexity index is 498.